The fraction of sp³-hybridized carbons (Fsp3) is 0.368. The van der Waals surface area contributed by atoms with E-state index >= 15 is 0 Å². The molecule has 1 aliphatic carbocycles. The number of nitrogens with zero attached hydrogens (tertiary/aromatic N) is 1. The summed E-state index contributed by atoms with van der Waals surface area (Å²) in [6.45, 7) is 6.92. The van der Waals surface area contributed by atoms with Crippen LogP contribution in [0.5, 0.6) is 0 Å². The van der Waals surface area contributed by atoms with E-state index in [2.05, 4.69) is 67.3 Å². The summed E-state index contributed by atoms with van der Waals surface area (Å²) in [5.74, 6) is 1.24. The van der Waals surface area contributed by atoms with Crippen LogP contribution in [0.3, 0.4) is 0 Å². The molecule has 3 atom stereocenters. The molecule has 0 N–H and O–H groups in total. The van der Waals surface area contributed by atoms with Crippen LogP contribution in [0, 0.1) is 5.92 Å². The minimum Gasteiger partial charge on any atom is -0.292 e. The Labute approximate surface area is 121 Å². The van der Waals surface area contributed by atoms with E-state index < -0.39 is 0 Å². The van der Waals surface area contributed by atoms with Crippen LogP contribution in [0.2, 0.25) is 0 Å². The average Bonchev–Trinajstić information content (AvgIpc) is 2.69. The maximum Gasteiger partial charge on any atom is 0.0389 e. The number of hydrogen-bond donors (Lipinski definition) is 0. The highest BCUT2D eigenvalue weighted by molar-refractivity contribution is 5.49. The Kier molecular flexibility index (Phi) is 2.71. The molecule has 0 saturated carbocycles. The van der Waals surface area contributed by atoms with Gasteiger partial charge in [-0.15, -0.1) is 0 Å². The molecule has 2 aliphatic rings. The molecule has 2 aromatic rings. The van der Waals surface area contributed by atoms with Crippen LogP contribution in [0.25, 0.3) is 0 Å². The van der Waals surface area contributed by atoms with Gasteiger partial charge in [0.1, 0.15) is 0 Å². The van der Waals surface area contributed by atoms with Crippen molar-refractivity contribution in [3.05, 3.63) is 70.8 Å². The SMILES string of the molecule is CCN1Cc2ccccc2C2c3ccccc3C1C2C. The number of hydrogen-bond acceptors (Lipinski definition) is 1. The first-order valence-corrected chi connectivity index (χ1v) is 7.72. The predicted octanol–water partition coefficient (Wildman–Crippen LogP) is 4.34. The van der Waals surface area contributed by atoms with Gasteiger partial charge in [-0.1, -0.05) is 62.4 Å². The van der Waals surface area contributed by atoms with E-state index in [-0.39, 0.29) is 0 Å². The molecule has 0 radical (unpaired) electrons. The highest BCUT2D eigenvalue weighted by atomic mass is 15.2. The number of fused-ring (bicyclic) bond motifs is 7. The van der Waals surface area contributed by atoms with Gasteiger partial charge in [0.2, 0.25) is 0 Å². The second-order valence-electron chi connectivity index (χ2n) is 6.17. The van der Waals surface area contributed by atoms with E-state index in [1.54, 1.807) is 16.7 Å². The summed E-state index contributed by atoms with van der Waals surface area (Å²) in [5, 5.41) is 0. The van der Waals surface area contributed by atoms with Crippen molar-refractivity contribution >= 4 is 0 Å². The third-order valence-electron chi connectivity index (χ3n) is 5.24. The summed E-state index contributed by atoms with van der Waals surface area (Å²) in [6, 6.07) is 18.7. The highest BCUT2D eigenvalue weighted by Crippen LogP contribution is 2.53. The van der Waals surface area contributed by atoms with Crippen LogP contribution in [-0.2, 0) is 6.54 Å². The standard InChI is InChI=1S/C19H21N/c1-3-20-12-14-8-4-5-9-15(14)18-13(2)19(20)17-11-7-6-10-16(17)18/h4-11,13,18-19H,3,12H2,1-2H3. The summed E-state index contributed by atoms with van der Waals surface area (Å²) in [7, 11) is 0. The molecule has 4 rings (SSSR count). The van der Waals surface area contributed by atoms with Gasteiger partial charge in [-0.3, -0.25) is 4.90 Å². The summed E-state index contributed by atoms with van der Waals surface area (Å²) in [4.78, 5) is 2.65. The molecule has 3 unspecified atom stereocenters. The minimum atomic E-state index is 0.573. The van der Waals surface area contributed by atoms with Crippen molar-refractivity contribution in [1.29, 1.82) is 0 Å². The van der Waals surface area contributed by atoms with Crippen molar-refractivity contribution in [2.75, 3.05) is 6.54 Å². The topological polar surface area (TPSA) is 3.24 Å². The van der Waals surface area contributed by atoms with E-state index in [1.165, 1.54) is 5.56 Å². The first kappa shape index (κ1) is 12.2. The second kappa shape index (κ2) is 4.46. The van der Waals surface area contributed by atoms with Gasteiger partial charge in [-0.25, -0.2) is 0 Å². The van der Waals surface area contributed by atoms with Gasteiger partial charge in [0.05, 0.1) is 0 Å². The minimum absolute atomic E-state index is 0.573. The smallest absolute Gasteiger partial charge is 0.0389 e. The third kappa shape index (κ3) is 1.53. The van der Waals surface area contributed by atoms with Crippen LogP contribution in [0.4, 0.5) is 0 Å². The van der Waals surface area contributed by atoms with Crippen LogP contribution in [0.15, 0.2) is 48.5 Å². The van der Waals surface area contributed by atoms with Gasteiger partial charge in [0.25, 0.3) is 0 Å². The van der Waals surface area contributed by atoms with Gasteiger partial charge in [0, 0.05) is 18.5 Å². The van der Waals surface area contributed by atoms with Crippen LogP contribution in [0.1, 0.15) is 48.1 Å². The van der Waals surface area contributed by atoms with E-state index in [0.717, 1.165) is 13.1 Å². The molecule has 1 nitrogen and oxygen atoms in total. The van der Waals surface area contributed by atoms with Crippen molar-refractivity contribution in [1.82, 2.24) is 4.90 Å². The van der Waals surface area contributed by atoms with Gasteiger partial charge < -0.3 is 0 Å². The van der Waals surface area contributed by atoms with Crippen molar-refractivity contribution in [3.63, 3.8) is 0 Å². The van der Waals surface area contributed by atoms with Crippen LogP contribution in [-0.4, -0.2) is 11.4 Å². The summed E-state index contributed by atoms with van der Waals surface area (Å²) < 4.78 is 0. The van der Waals surface area contributed by atoms with Gasteiger partial charge in [0.15, 0.2) is 0 Å². The molecule has 0 spiro atoms. The molecular weight excluding hydrogens is 242 g/mol. The zero-order valence-corrected chi connectivity index (χ0v) is 12.2. The summed E-state index contributed by atoms with van der Waals surface area (Å²) in [6.07, 6.45) is 0. The van der Waals surface area contributed by atoms with Crippen LogP contribution < -0.4 is 0 Å². The molecule has 0 saturated heterocycles. The Hall–Kier alpha value is -1.60. The monoisotopic (exact) mass is 263 g/mol. The lowest BCUT2D eigenvalue weighted by atomic mass is 9.85. The molecular formula is C19H21N. The van der Waals surface area contributed by atoms with Crippen molar-refractivity contribution in [2.45, 2.75) is 32.4 Å². The maximum atomic E-state index is 2.65. The predicted molar refractivity (Wildman–Crippen MR) is 82.7 cm³/mol. The van der Waals surface area contributed by atoms with Gasteiger partial charge >= 0.3 is 0 Å². The van der Waals surface area contributed by atoms with Crippen molar-refractivity contribution in [2.24, 2.45) is 5.92 Å². The normalized spacial score (nSPS) is 27.8. The lowest BCUT2D eigenvalue weighted by Gasteiger charge is -2.30. The van der Waals surface area contributed by atoms with Crippen molar-refractivity contribution in [3.8, 4) is 0 Å². The third-order valence-corrected chi connectivity index (χ3v) is 5.24. The fourth-order valence-corrected chi connectivity index (χ4v) is 4.40. The Bertz CT molecular complexity index is 644. The molecule has 2 aromatic carbocycles. The summed E-state index contributed by atoms with van der Waals surface area (Å²) in [5.41, 5.74) is 6.17. The second-order valence-corrected chi connectivity index (χ2v) is 6.17. The van der Waals surface area contributed by atoms with E-state index in [1.807, 2.05) is 0 Å². The fourth-order valence-electron chi connectivity index (χ4n) is 4.40. The van der Waals surface area contributed by atoms with Gasteiger partial charge in [-0.2, -0.15) is 0 Å². The average molecular weight is 263 g/mol. The van der Waals surface area contributed by atoms with Gasteiger partial charge in [-0.05, 0) is 34.7 Å². The molecule has 0 amide bonds. The van der Waals surface area contributed by atoms with E-state index in [4.69, 9.17) is 0 Å². The van der Waals surface area contributed by atoms with Crippen molar-refractivity contribution < 1.29 is 0 Å². The number of rotatable bonds is 1. The molecule has 0 fully saturated rings. The Morgan fingerprint density at radius 3 is 2.35 bits per heavy atom. The first-order valence-electron chi connectivity index (χ1n) is 7.72. The summed E-state index contributed by atoms with van der Waals surface area (Å²) >= 11 is 0. The molecule has 2 bridgehead atoms. The molecule has 0 aromatic heterocycles. The Balaban J connectivity index is 1.99. The first-order chi connectivity index (χ1) is 9.81. The molecule has 1 heterocycles. The molecule has 20 heavy (non-hydrogen) atoms. The zero-order valence-electron chi connectivity index (χ0n) is 12.2. The Morgan fingerprint density at radius 1 is 0.950 bits per heavy atom. The number of benzene rings is 2. The quantitative estimate of drug-likeness (QED) is 0.739. The molecule has 102 valence electrons. The van der Waals surface area contributed by atoms with E-state index in [0.29, 0.717) is 17.9 Å². The maximum absolute atomic E-state index is 2.65. The zero-order chi connectivity index (χ0) is 13.7. The lowest BCUT2D eigenvalue weighted by Crippen LogP contribution is -2.29. The Morgan fingerprint density at radius 2 is 1.60 bits per heavy atom. The molecule has 1 heteroatoms. The highest BCUT2D eigenvalue weighted by Gasteiger charge is 2.43. The largest absolute Gasteiger partial charge is 0.292 e. The molecule has 1 aliphatic heterocycles. The van der Waals surface area contributed by atoms with E-state index in [9.17, 15) is 0 Å². The van der Waals surface area contributed by atoms with Crippen LogP contribution >= 0.6 is 0 Å². The lowest BCUT2D eigenvalue weighted by molar-refractivity contribution is 0.163.